The lowest BCUT2D eigenvalue weighted by Crippen LogP contribution is -1.98. The Labute approximate surface area is 98.7 Å². The Morgan fingerprint density at radius 3 is 2.88 bits per heavy atom. The van der Waals surface area contributed by atoms with Crippen LogP contribution in [0.1, 0.15) is 5.56 Å². The summed E-state index contributed by atoms with van der Waals surface area (Å²) >= 11 is 0. The van der Waals surface area contributed by atoms with Gasteiger partial charge in [-0.25, -0.2) is 4.68 Å². The lowest BCUT2D eigenvalue weighted by molar-refractivity contribution is 0.887. The van der Waals surface area contributed by atoms with Gasteiger partial charge >= 0.3 is 0 Å². The van der Waals surface area contributed by atoms with E-state index in [4.69, 9.17) is 5.73 Å². The molecule has 0 fully saturated rings. The number of nitrogen functional groups attached to an aromatic ring is 1. The first-order valence-corrected chi connectivity index (χ1v) is 5.40. The smallest absolute Gasteiger partial charge is 0.0952 e. The number of aromatic nitrogens is 3. The predicted octanol–water partition coefficient (Wildman–Crippen LogP) is 2.31. The summed E-state index contributed by atoms with van der Waals surface area (Å²) in [5, 5.41) is 5.32. The zero-order chi connectivity index (χ0) is 11.8. The van der Waals surface area contributed by atoms with E-state index in [0.717, 1.165) is 22.2 Å². The molecule has 1 aromatic carbocycles. The minimum atomic E-state index is 0.688. The Bertz CT molecular complexity index is 685. The average molecular weight is 224 g/mol. The molecule has 84 valence electrons. The number of nitrogens with two attached hydrogens (primary N) is 1. The molecule has 0 unspecified atom stereocenters. The van der Waals surface area contributed by atoms with E-state index in [1.54, 1.807) is 6.20 Å². The highest BCUT2D eigenvalue weighted by atomic mass is 15.3. The number of pyridine rings is 1. The molecular formula is C13H12N4. The van der Waals surface area contributed by atoms with Gasteiger partial charge in [-0.05, 0) is 36.8 Å². The fourth-order valence-corrected chi connectivity index (χ4v) is 1.92. The number of anilines is 1. The van der Waals surface area contributed by atoms with Crippen LogP contribution in [0.2, 0.25) is 0 Å². The molecule has 17 heavy (non-hydrogen) atoms. The lowest BCUT2D eigenvalue weighted by atomic mass is 10.1. The minimum Gasteiger partial charge on any atom is -0.397 e. The highest BCUT2D eigenvalue weighted by Crippen LogP contribution is 2.24. The van der Waals surface area contributed by atoms with Gasteiger partial charge in [0, 0.05) is 17.8 Å². The van der Waals surface area contributed by atoms with Crippen molar-refractivity contribution in [1.82, 2.24) is 14.8 Å². The first-order chi connectivity index (χ1) is 8.25. The standard InChI is InChI=1S/C13H12N4/c1-9-7-16-17(8-9)12-5-4-11(14)13-10(12)3-2-6-15-13/h2-8H,14H2,1H3. The van der Waals surface area contributed by atoms with Crippen LogP contribution in [0.5, 0.6) is 0 Å². The van der Waals surface area contributed by atoms with Crippen LogP contribution in [-0.4, -0.2) is 14.8 Å². The van der Waals surface area contributed by atoms with Crippen molar-refractivity contribution in [2.24, 2.45) is 0 Å². The van der Waals surface area contributed by atoms with Crippen LogP contribution in [0.3, 0.4) is 0 Å². The predicted molar refractivity (Wildman–Crippen MR) is 68.0 cm³/mol. The van der Waals surface area contributed by atoms with Crippen LogP contribution in [0.4, 0.5) is 5.69 Å². The summed E-state index contributed by atoms with van der Waals surface area (Å²) in [6.07, 6.45) is 5.56. The molecule has 2 heterocycles. The van der Waals surface area contributed by atoms with Gasteiger partial charge in [0.25, 0.3) is 0 Å². The number of hydrogen-bond donors (Lipinski definition) is 1. The van der Waals surface area contributed by atoms with Crippen molar-refractivity contribution in [2.75, 3.05) is 5.73 Å². The monoisotopic (exact) mass is 224 g/mol. The number of nitrogens with zero attached hydrogens (tertiary/aromatic N) is 3. The van der Waals surface area contributed by atoms with E-state index >= 15 is 0 Å². The Hall–Kier alpha value is -2.36. The fourth-order valence-electron chi connectivity index (χ4n) is 1.92. The number of fused-ring (bicyclic) bond motifs is 1. The molecule has 3 aromatic rings. The third-order valence-electron chi connectivity index (χ3n) is 2.74. The summed E-state index contributed by atoms with van der Waals surface area (Å²) in [5.74, 6) is 0. The molecular weight excluding hydrogens is 212 g/mol. The van der Waals surface area contributed by atoms with Crippen LogP contribution in [0, 0.1) is 6.92 Å². The molecule has 0 saturated carbocycles. The van der Waals surface area contributed by atoms with Crippen molar-refractivity contribution >= 4 is 16.6 Å². The molecule has 0 bridgehead atoms. The van der Waals surface area contributed by atoms with E-state index in [0.29, 0.717) is 5.69 Å². The van der Waals surface area contributed by atoms with Gasteiger partial charge in [-0.2, -0.15) is 5.10 Å². The van der Waals surface area contributed by atoms with Crippen LogP contribution in [0.25, 0.3) is 16.6 Å². The van der Waals surface area contributed by atoms with Gasteiger partial charge in [0.2, 0.25) is 0 Å². The van der Waals surface area contributed by atoms with Crippen LogP contribution >= 0.6 is 0 Å². The third kappa shape index (κ3) is 1.54. The van der Waals surface area contributed by atoms with E-state index in [1.807, 2.05) is 48.3 Å². The Balaban J connectivity index is 2.34. The van der Waals surface area contributed by atoms with Gasteiger partial charge in [-0.3, -0.25) is 4.98 Å². The van der Waals surface area contributed by atoms with E-state index < -0.39 is 0 Å². The second kappa shape index (κ2) is 3.59. The summed E-state index contributed by atoms with van der Waals surface area (Å²) in [7, 11) is 0. The third-order valence-corrected chi connectivity index (χ3v) is 2.74. The molecule has 0 aliphatic heterocycles. The topological polar surface area (TPSA) is 56.7 Å². The summed E-state index contributed by atoms with van der Waals surface area (Å²) in [6, 6.07) is 7.74. The van der Waals surface area contributed by atoms with E-state index in [2.05, 4.69) is 10.1 Å². The molecule has 0 aliphatic carbocycles. The number of aryl methyl sites for hydroxylation is 1. The molecule has 0 aliphatic rings. The van der Waals surface area contributed by atoms with Crippen molar-refractivity contribution in [3.05, 3.63) is 48.4 Å². The van der Waals surface area contributed by atoms with Gasteiger partial charge in [0.1, 0.15) is 0 Å². The van der Waals surface area contributed by atoms with Crippen molar-refractivity contribution < 1.29 is 0 Å². The Kier molecular flexibility index (Phi) is 2.08. The van der Waals surface area contributed by atoms with Gasteiger partial charge in [-0.15, -0.1) is 0 Å². The molecule has 0 amide bonds. The molecule has 0 saturated heterocycles. The van der Waals surface area contributed by atoms with Crippen molar-refractivity contribution in [3.63, 3.8) is 0 Å². The molecule has 3 rings (SSSR count). The molecule has 2 N–H and O–H groups in total. The molecule has 0 radical (unpaired) electrons. The van der Waals surface area contributed by atoms with Gasteiger partial charge in [0.15, 0.2) is 0 Å². The maximum absolute atomic E-state index is 5.92. The molecule has 0 atom stereocenters. The largest absolute Gasteiger partial charge is 0.397 e. The van der Waals surface area contributed by atoms with Crippen molar-refractivity contribution in [1.29, 1.82) is 0 Å². The van der Waals surface area contributed by atoms with E-state index in [1.165, 1.54) is 0 Å². The first kappa shape index (κ1) is 9.84. The van der Waals surface area contributed by atoms with E-state index in [9.17, 15) is 0 Å². The quantitative estimate of drug-likeness (QED) is 0.645. The van der Waals surface area contributed by atoms with Crippen LogP contribution < -0.4 is 5.73 Å². The SMILES string of the molecule is Cc1cnn(-c2ccc(N)c3ncccc23)c1. The highest BCUT2D eigenvalue weighted by Gasteiger charge is 2.06. The van der Waals surface area contributed by atoms with Crippen molar-refractivity contribution in [2.45, 2.75) is 6.92 Å². The Morgan fingerprint density at radius 1 is 1.24 bits per heavy atom. The summed E-state index contributed by atoms with van der Waals surface area (Å²) in [4.78, 5) is 4.31. The second-order valence-corrected chi connectivity index (χ2v) is 4.04. The summed E-state index contributed by atoms with van der Waals surface area (Å²) in [6.45, 7) is 2.02. The van der Waals surface area contributed by atoms with Gasteiger partial charge < -0.3 is 5.73 Å². The fraction of sp³-hybridized carbons (Fsp3) is 0.0769. The normalized spacial score (nSPS) is 10.9. The van der Waals surface area contributed by atoms with Gasteiger partial charge in [-0.1, -0.05) is 0 Å². The zero-order valence-corrected chi connectivity index (χ0v) is 9.46. The van der Waals surface area contributed by atoms with Crippen molar-refractivity contribution in [3.8, 4) is 5.69 Å². The Morgan fingerprint density at radius 2 is 2.12 bits per heavy atom. The number of hydrogen-bond acceptors (Lipinski definition) is 3. The molecule has 4 nitrogen and oxygen atoms in total. The van der Waals surface area contributed by atoms with Gasteiger partial charge in [0.05, 0.1) is 23.1 Å². The first-order valence-electron chi connectivity index (χ1n) is 5.40. The van der Waals surface area contributed by atoms with E-state index in [-0.39, 0.29) is 0 Å². The summed E-state index contributed by atoms with van der Waals surface area (Å²) in [5.41, 5.74) is 9.54. The highest BCUT2D eigenvalue weighted by molar-refractivity contribution is 5.95. The maximum Gasteiger partial charge on any atom is 0.0952 e. The number of benzene rings is 1. The zero-order valence-electron chi connectivity index (χ0n) is 9.46. The second-order valence-electron chi connectivity index (χ2n) is 4.04. The molecule has 4 heteroatoms. The number of rotatable bonds is 1. The maximum atomic E-state index is 5.92. The lowest BCUT2D eigenvalue weighted by Gasteiger charge is -2.07. The average Bonchev–Trinajstić information content (AvgIpc) is 2.77. The van der Waals surface area contributed by atoms with Crippen LogP contribution in [0.15, 0.2) is 42.9 Å². The summed E-state index contributed by atoms with van der Waals surface area (Å²) < 4.78 is 1.85. The molecule has 0 spiro atoms. The van der Waals surface area contributed by atoms with Crippen LogP contribution in [-0.2, 0) is 0 Å². The molecule has 2 aromatic heterocycles. The minimum absolute atomic E-state index is 0.688.